The number of hydrogen-bond donors (Lipinski definition) is 1. The lowest BCUT2D eigenvalue weighted by molar-refractivity contribution is -0.171. The van der Waals surface area contributed by atoms with Crippen LogP contribution in [0.1, 0.15) is 31.2 Å². The van der Waals surface area contributed by atoms with E-state index < -0.39 is 6.29 Å². The van der Waals surface area contributed by atoms with Crippen molar-refractivity contribution in [3.63, 3.8) is 0 Å². The van der Waals surface area contributed by atoms with Crippen molar-refractivity contribution in [3.8, 4) is 0 Å². The SMILES string of the molecule is CCO[C@@H]1OC(C(=O)N2CCOCC2)=C[C@H](c2ccc(Br)cc2)[C@H]1CCCO. The van der Waals surface area contributed by atoms with Gasteiger partial charge in [0.1, 0.15) is 0 Å². The number of ether oxygens (including phenoxy) is 3. The smallest absolute Gasteiger partial charge is 0.288 e. The Balaban J connectivity index is 1.92. The number of amides is 1. The van der Waals surface area contributed by atoms with Gasteiger partial charge >= 0.3 is 0 Å². The first-order chi connectivity index (χ1) is 13.6. The number of halogens is 1. The predicted octanol–water partition coefficient (Wildman–Crippen LogP) is 3.06. The number of hydrogen-bond acceptors (Lipinski definition) is 5. The second kappa shape index (κ2) is 10.4. The van der Waals surface area contributed by atoms with Crippen LogP contribution in [0.2, 0.25) is 0 Å². The van der Waals surface area contributed by atoms with Crippen molar-refractivity contribution in [2.45, 2.75) is 32.0 Å². The topological polar surface area (TPSA) is 68.2 Å². The van der Waals surface area contributed by atoms with Crippen LogP contribution in [0.25, 0.3) is 0 Å². The number of nitrogens with zero attached hydrogens (tertiary/aromatic N) is 1. The summed E-state index contributed by atoms with van der Waals surface area (Å²) >= 11 is 3.48. The zero-order valence-corrected chi connectivity index (χ0v) is 17.8. The summed E-state index contributed by atoms with van der Waals surface area (Å²) in [5.41, 5.74) is 1.10. The van der Waals surface area contributed by atoms with Crippen molar-refractivity contribution in [1.29, 1.82) is 0 Å². The Morgan fingerprint density at radius 2 is 2.00 bits per heavy atom. The lowest BCUT2D eigenvalue weighted by Crippen LogP contribution is -2.44. The molecule has 1 aromatic rings. The van der Waals surface area contributed by atoms with E-state index >= 15 is 0 Å². The first-order valence-corrected chi connectivity index (χ1v) is 10.7. The van der Waals surface area contributed by atoms with Crippen LogP contribution in [0.3, 0.4) is 0 Å². The maximum absolute atomic E-state index is 13.0. The predicted molar refractivity (Wildman–Crippen MR) is 109 cm³/mol. The van der Waals surface area contributed by atoms with Crippen molar-refractivity contribution in [1.82, 2.24) is 4.90 Å². The van der Waals surface area contributed by atoms with Gasteiger partial charge in [0, 0.05) is 42.6 Å². The maximum atomic E-state index is 13.0. The number of morpholine rings is 1. The normalized spacial score (nSPS) is 25.2. The Morgan fingerprint density at radius 3 is 2.64 bits per heavy atom. The van der Waals surface area contributed by atoms with Crippen LogP contribution in [0.5, 0.6) is 0 Å². The Hall–Kier alpha value is -1.41. The number of aliphatic hydroxyl groups excluding tert-OH is 1. The molecule has 2 aliphatic rings. The fourth-order valence-corrected chi connectivity index (χ4v) is 4.01. The molecule has 0 aromatic heterocycles. The fraction of sp³-hybridized carbons (Fsp3) is 0.571. The highest BCUT2D eigenvalue weighted by atomic mass is 79.9. The zero-order chi connectivity index (χ0) is 19.9. The van der Waals surface area contributed by atoms with Crippen molar-refractivity contribution in [3.05, 3.63) is 46.1 Å². The molecule has 3 rings (SSSR count). The van der Waals surface area contributed by atoms with E-state index in [9.17, 15) is 9.90 Å². The summed E-state index contributed by atoms with van der Waals surface area (Å²) in [6.45, 7) is 4.75. The summed E-state index contributed by atoms with van der Waals surface area (Å²) in [7, 11) is 0. The van der Waals surface area contributed by atoms with E-state index in [0.29, 0.717) is 45.1 Å². The van der Waals surface area contributed by atoms with E-state index in [1.54, 1.807) is 4.90 Å². The van der Waals surface area contributed by atoms with E-state index in [-0.39, 0.29) is 24.3 Å². The number of carbonyl (C=O) groups is 1. The van der Waals surface area contributed by atoms with Crippen molar-refractivity contribution in [2.24, 2.45) is 5.92 Å². The van der Waals surface area contributed by atoms with Crippen LogP contribution in [-0.4, -0.2) is 61.7 Å². The molecular formula is C21H28BrNO5. The van der Waals surface area contributed by atoms with Gasteiger partial charge in [0.2, 0.25) is 6.29 Å². The molecule has 1 N–H and O–H groups in total. The molecular weight excluding hydrogens is 426 g/mol. The molecule has 6 nitrogen and oxygen atoms in total. The molecule has 1 fully saturated rings. The molecule has 0 spiro atoms. The third-order valence-electron chi connectivity index (χ3n) is 5.18. The average Bonchev–Trinajstić information content (AvgIpc) is 2.73. The Morgan fingerprint density at radius 1 is 1.29 bits per heavy atom. The van der Waals surface area contributed by atoms with Gasteiger partial charge in [0.15, 0.2) is 5.76 Å². The minimum Gasteiger partial charge on any atom is -0.459 e. The Bertz CT molecular complexity index is 672. The van der Waals surface area contributed by atoms with Gasteiger partial charge < -0.3 is 24.2 Å². The van der Waals surface area contributed by atoms with Crippen LogP contribution >= 0.6 is 15.9 Å². The van der Waals surface area contributed by atoms with Gasteiger partial charge in [-0.15, -0.1) is 0 Å². The van der Waals surface area contributed by atoms with Gasteiger partial charge in [-0.1, -0.05) is 28.1 Å². The van der Waals surface area contributed by atoms with Crippen molar-refractivity contribution >= 4 is 21.8 Å². The molecule has 2 aliphatic heterocycles. The Kier molecular flexibility index (Phi) is 7.91. The molecule has 0 unspecified atom stereocenters. The van der Waals surface area contributed by atoms with E-state index in [1.165, 1.54) is 0 Å². The number of benzene rings is 1. The molecule has 0 bridgehead atoms. The van der Waals surface area contributed by atoms with Crippen molar-refractivity contribution in [2.75, 3.05) is 39.5 Å². The molecule has 0 radical (unpaired) electrons. The number of allylic oxidation sites excluding steroid dienone is 1. The third kappa shape index (κ3) is 5.14. The zero-order valence-electron chi connectivity index (χ0n) is 16.2. The van der Waals surface area contributed by atoms with Gasteiger partial charge in [-0.25, -0.2) is 0 Å². The largest absolute Gasteiger partial charge is 0.459 e. The van der Waals surface area contributed by atoms with E-state index in [2.05, 4.69) is 28.1 Å². The van der Waals surface area contributed by atoms with E-state index in [4.69, 9.17) is 14.2 Å². The minimum absolute atomic E-state index is 0.0227. The van der Waals surface area contributed by atoms with Crippen LogP contribution < -0.4 is 0 Å². The van der Waals surface area contributed by atoms with Gasteiger partial charge in [-0.3, -0.25) is 4.79 Å². The van der Waals surface area contributed by atoms with Gasteiger partial charge in [0.05, 0.1) is 13.2 Å². The van der Waals surface area contributed by atoms with E-state index in [0.717, 1.165) is 16.5 Å². The number of aliphatic hydroxyl groups is 1. The summed E-state index contributed by atoms with van der Waals surface area (Å²) in [5, 5.41) is 9.34. The summed E-state index contributed by atoms with van der Waals surface area (Å²) in [6, 6.07) is 8.12. The second-order valence-corrected chi connectivity index (χ2v) is 7.90. The quantitative estimate of drug-likeness (QED) is 0.686. The lowest BCUT2D eigenvalue weighted by atomic mass is 9.80. The lowest BCUT2D eigenvalue weighted by Gasteiger charge is -2.38. The second-order valence-electron chi connectivity index (χ2n) is 6.98. The highest BCUT2D eigenvalue weighted by Crippen LogP contribution is 2.40. The van der Waals surface area contributed by atoms with Crippen LogP contribution in [-0.2, 0) is 19.0 Å². The molecule has 1 saturated heterocycles. The summed E-state index contributed by atoms with van der Waals surface area (Å²) in [5.74, 6) is 0.226. The first kappa shape index (κ1) is 21.3. The molecule has 154 valence electrons. The molecule has 1 amide bonds. The van der Waals surface area contributed by atoms with Crippen LogP contribution in [0, 0.1) is 5.92 Å². The number of rotatable bonds is 7. The van der Waals surface area contributed by atoms with Crippen molar-refractivity contribution < 1.29 is 24.1 Å². The standard InChI is InChI=1S/C21H28BrNO5/c1-2-27-21-17(4-3-11-24)18(15-5-7-16(22)8-6-15)14-19(28-21)20(25)23-9-12-26-13-10-23/h5-8,14,17-18,21,24H,2-4,9-13H2,1H3/t17-,18-,21-/m1/s1. The molecule has 0 aliphatic carbocycles. The molecule has 0 saturated carbocycles. The molecule has 28 heavy (non-hydrogen) atoms. The monoisotopic (exact) mass is 453 g/mol. The van der Waals surface area contributed by atoms with Gasteiger partial charge in [-0.05, 0) is 43.5 Å². The fourth-order valence-electron chi connectivity index (χ4n) is 3.74. The summed E-state index contributed by atoms with van der Waals surface area (Å²) < 4.78 is 18.3. The highest BCUT2D eigenvalue weighted by molar-refractivity contribution is 9.10. The van der Waals surface area contributed by atoms with Crippen LogP contribution in [0.15, 0.2) is 40.6 Å². The van der Waals surface area contributed by atoms with Gasteiger partial charge in [-0.2, -0.15) is 0 Å². The van der Waals surface area contributed by atoms with Crippen LogP contribution in [0.4, 0.5) is 0 Å². The highest BCUT2D eigenvalue weighted by Gasteiger charge is 2.38. The maximum Gasteiger partial charge on any atom is 0.288 e. The third-order valence-corrected chi connectivity index (χ3v) is 5.70. The summed E-state index contributed by atoms with van der Waals surface area (Å²) in [6.07, 6.45) is 2.82. The first-order valence-electron chi connectivity index (χ1n) is 9.87. The molecule has 2 heterocycles. The molecule has 3 atom stereocenters. The van der Waals surface area contributed by atoms with Gasteiger partial charge in [0.25, 0.3) is 5.91 Å². The Labute approximate surface area is 174 Å². The van der Waals surface area contributed by atoms with E-state index in [1.807, 2.05) is 25.1 Å². The minimum atomic E-state index is -0.518. The average molecular weight is 454 g/mol. The molecule has 7 heteroatoms. The molecule has 1 aromatic carbocycles. The number of carbonyl (C=O) groups excluding carboxylic acids is 1. The summed E-state index contributed by atoms with van der Waals surface area (Å²) in [4.78, 5) is 14.8.